The Kier molecular flexibility index (Phi) is 7.20. The number of guanidine groups is 1. The highest BCUT2D eigenvalue weighted by atomic mass is 16.5. The van der Waals surface area contributed by atoms with Crippen LogP contribution in [0.1, 0.15) is 54.1 Å². The van der Waals surface area contributed by atoms with Gasteiger partial charge in [0, 0.05) is 25.2 Å². The summed E-state index contributed by atoms with van der Waals surface area (Å²) in [6, 6.07) is 9.36. The van der Waals surface area contributed by atoms with Gasteiger partial charge in [-0.25, -0.2) is 4.99 Å². The number of carbonyl (C=O) groups excluding carboxylic acids is 1. The molecule has 2 rings (SSSR count). The summed E-state index contributed by atoms with van der Waals surface area (Å²) in [5, 5.41) is 13.1. The van der Waals surface area contributed by atoms with Gasteiger partial charge in [-0.15, -0.1) is 0 Å². The van der Waals surface area contributed by atoms with Crippen molar-refractivity contribution < 1.29 is 9.32 Å². The van der Waals surface area contributed by atoms with E-state index in [1.165, 1.54) is 0 Å². The fourth-order valence-corrected chi connectivity index (χ4v) is 2.27. The molecule has 0 spiro atoms. The van der Waals surface area contributed by atoms with Crippen LogP contribution in [0, 0.1) is 0 Å². The molecule has 1 aromatic heterocycles. The zero-order valence-electron chi connectivity index (χ0n) is 15.8. The molecule has 0 unspecified atom stereocenters. The average molecular weight is 357 g/mol. The average Bonchev–Trinajstić information content (AvgIpc) is 3.13. The van der Waals surface area contributed by atoms with E-state index in [2.05, 4.69) is 39.9 Å². The SMILES string of the molecule is CCNC(=NCc1ccc(C(=O)NC)cc1)NCc1cc(C(C)C)no1. The van der Waals surface area contributed by atoms with E-state index in [1.807, 2.05) is 25.1 Å². The number of nitrogens with zero attached hydrogens (tertiary/aromatic N) is 2. The van der Waals surface area contributed by atoms with Crippen LogP contribution in [0.3, 0.4) is 0 Å². The van der Waals surface area contributed by atoms with Crippen LogP contribution in [-0.4, -0.2) is 30.6 Å². The lowest BCUT2D eigenvalue weighted by Gasteiger charge is -2.10. The van der Waals surface area contributed by atoms with Gasteiger partial charge in [0.15, 0.2) is 11.7 Å². The highest BCUT2D eigenvalue weighted by molar-refractivity contribution is 5.93. The predicted octanol–water partition coefficient (Wildman–Crippen LogP) is 2.41. The molecule has 0 radical (unpaired) electrons. The van der Waals surface area contributed by atoms with Gasteiger partial charge in [0.2, 0.25) is 0 Å². The van der Waals surface area contributed by atoms with Gasteiger partial charge in [0.05, 0.1) is 18.8 Å². The smallest absolute Gasteiger partial charge is 0.251 e. The first-order valence-corrected chi connectivity index (χ1v) is 8.82. The second kappa shape index (κ2) is 9.60. The largest absolute Gasteiger partial charge is 0.359 e. The van der Waals surface area contributed by atoms with E-state index in [0.717, 1.165) is 23.6 Å². The fourth-order valence-electron chi connectivity index (χ4n) is 2.27. The van der Waals surface area contributed by atoms with E-state index < -0.39 is 0 Å². The van der Waals surface area contributed by atoms with Crippen molar-refractivity contribution in [3.63, 3.8) is 0 Å². The van der Waals surface area contributed by atoms with Gasteiger partial charge < -0.3 is 20.5 Å². The molecule has 1 aromatic carbocycles. The Morgan fingerprint density at radius 1 is 1.23 bits per heavy atom. The molecule has 7 nitrogen and oxygen atoms in total. The van der Waals surface area contributed by atoms with Crippen molar-refractivity contribution in [1.29, 1.82) is 0 Å². The summed E-state index contributed by atoms with van der Waals surface area (Å²) in [5.74, 6) is 1.72. The van der Waals surface area contributed by atoms with Crippen LogP contribution in [0.5, 0.6) is 0 Å². The molecule has 26 heavy (non-hydrogen) atoms. The number of hydrogen-bond donors (Lipinski definition) is 3. The van der Waals surface area contributed by atoms with Gasteiger partial charge in [0.1, 0.15) is 0 Å². The molecule has 1 heterocycles. The van der Waals surface area contributed by atoms with E-state index in [4.69, 9.17) is 4.52 Å². The Morgan fingerprint density at radius 2 is 1.96 bits per heavy atom. The molecule has 0 aliphatic carbocycles. The molecule has 0 bridgehead atoms. The second-order valence-electron chi connectivity index (χ2n) is 6.20. The number of aliphatic imine (C=N–C) groups is 1. The molecule has 0 atom stereocenters. The number of rotatable bonds is 7. The zero-order valence-corrected chi connectivity index (χ0v) is 15.8. The van der Waals surface area contributed by atoms with Gasteiger partial charge in [-0.2, -0.15) is 0 Å². The summed E-state index contributed by atoms with van der Waals surface area (Å²) in [4.78, 5) is 16.1. The summed E-state index contributed by atoms with van der Waals surface area (Å²) in [6.45, 7) is 7.96. The van der Waals surface area contributed by atoms with Crippen molar-refractivity contribution in [3.8, 4) is 0 Å². The van der Waals surface area contributed by atoms with E-state index >= 15 is 0 Å². The van der Waals surface area contributed by atoms with Crippen LogP contribution < -0.4 is 16.0 Å². The van der Waals surface area contributed by atoms with Crippen LogP contribution in [-0.2, 0) is 13.1 Å². The molecule has 2 aromatic rings. The van der Waals surface area contributed by atoms with Crippen molar-refractivity contribution in [1.82, 2.24) is 21.1 Å². The predicted molar refractivity (Wildman–Crippen MR) is 102 cm³/mol. The van der Waals surface area contributed by atoms with E-state index in [0.29, 0.717) is 30.5 Å². The summed E-state index contributed by atoms with van der Waals surface area (Å²) in [5.41, 5.74) is 2.60. The van der Waals surface area contributed by atoms with Gasteiger partial charge in [0.25, 0.3) is 5.91 Å². The Labute approximate surface area is 154 Å². The standard InChI is InChI=1S/C19H27N5O2/c1-5-21-19(23-12-16-10-17(13(2)3)24-26-16)22-11-14-6-8-15(9-7-14)18(25)20-4/h6-10,13H,5,11-12H2,1-4H3,(H,20,25)(H2,21,22,23). The highest BCUT2D eigenvalue weighted by Crippen LogP contribution is 2.13. The van der Waals surface area contributed by atoms with Crippen molar-refractivity contribution in [2.75, 3.05) is 13.6 Å². The first-order valence-electron chi connectivity index (χ1n) is 8.82. The number of hydrogen-bond acceptors (Lipinski definition) is 4. The molecular formula is C19H27N5O2. The number of carbonyl (C=O) groups is 1. The summed E-state index contributed by atoms with van der Waals surface area (Å²) in [6.07, 6.45) is 0. The quantitative estimate of drug-likeness (QED) is 0.523. The summed E-state index contributed by atoms with van der Waals surface area (Å²) < 4.78 is 5.33. The molecule has 0 saturated heterocycles. The molecule has 0 fully saturated rings. The molecule has 0 aliphatic heterocycles. The first-order chi connectivity index (χ1) is 12.5. The molecule has 3 N–H and O–H groups in total. The molecule has 7 heteroatoms. The van der Waals surface area contributed by atoms with Gasteiger partial charge in [-0.1, -0.05) is 31.1 Å². The Balaban J connectivity index is 1.95. The normalized spacial score (nSPS) is 11.5. The van der Waals surface area contributed by atoms with Crippen LogP contribution >= 0.6 is 0 Å². The van der Waals surface area contributed by atoms with Crippen LogP contribution in [0.25, 0.3) is 0 Å². The third-order valence-electron chi connectivity index (χ3n) is 3.81. The van der Waals surface area contributed by atoms with E-state index in [1.54, 1.807) is 19.2 Å². The lowest BCUT2D eigenvalue weighted by Crippen LogP contribution is -2.36. The molecule has 0 aliphatic rings. The monoisotopic (exact) mass is 357 g/mol. The molecule has 0 saturated carbocycles. The van der Waals surface area contributed by atoms with Crippen molar-refractivity contribution in [3.05, 3.63) is 52.9 Å². The maximum Gasteiger partial charge on any atom is 0.251 e. The lowest BCUT2D eigenvalue weighted by molar-refractivity contribution is 0.0963. The Bertz CT molecular complexity index is 735. The maximum atomic E-state index is 11.6. The first kappa shape index (κ1) is 19.5. The van der Waals surface area contributed by atoms with Gasteiger partial charge in [-0.3, -0.25) is 4.79 Å². The summed E-state index contributed by atoms with van der Waals surface area (Å²) in [7, 11) is 1.62. The number of amides is 1. The van der Waals surface area contributed by atoms with Crippen LogP contribution in [0.4, 0.5) is 0 Å². The highest BCUT2D eigenvalue weighted by Gasteiger charge is 2.08. The second-order valence-corrected chi connectivity index (χ2v) is 6.20. The number of aromatic nitrogens is 1. The maximum absolute atomic E-state index is 11.6. The third-order valence-corrected chi connectivity index (χ3v) is 3.81. The molecular weight excluding hydrogens is 330 g/mol. The van der Waals surface area contributed by atoms with Crippen LogP contribution in [0.2, 0.25) is 0 Å². The molecule has 140 valence electrons. The topological polar surface area (TPSA) is 91.5 Å². The minimum atomic E-state index is -0.0946. The van der Waals surface area contributed by atoms with Gasteiger partial charge >= 0.3 is 0 Å². The third kappa shape index (κ3) is 5.61. The number of benzene rings is 1. The number of nitrogens with one attached hydrogen (secondary N) is 3. The summed E-state index contributed by atoms with van der Waals surface area (Å²) >= 11 is 0. The fraction of sp³-hybridized carbons (Fsp3) is 0.421. The molecule has 1 amide bonds. The van der Waals surface area contributed by atoms with E-state index in [-0.39, 0.29) is 5.91 Å². The van der Waals surface area contributed by atoms with Crippen molar-refractivity contribution in [2.24, 2.45) is 4.99 Å². The van der Waals surface area contributed by atoms with Crippen molar-refractivity contribution in [2.45, 2.75) is 39.8 Å². The van der Waals surface area contributed by atoms with Crippen molar-refractivity contribution >= 4 is 11.9 Å². The minimum absolute atomic E-state index is 0.0946. The van der Waals surface area contributed by atoms with Crippen LogP contribution in [0.15, 0.2) is 39.8 Å². The lowest BCUT2D eigenvalue weighted by atomic mass is 10.1. The Hall–Kier alpha value is -2.83. The van der Waals surface area contributed by atoms with E-state index in [9.17, 15) is 4.79 Å². The minimum Gasteiger partial charge on any atom is -0.359 e. The Morgan fingerprint density at radius 3 is 2.54 bits per heavy atom. The van der Waals surface area contributed by atoms with Gasteiger partial charge in [-0.05, 0) is 30.5 Å². The zero-order chi connectivity index (χ0) is 18.9.